The summed E-state index contributed by atoms with van der Waals surface area (Å²) in [5, 5.41) is 72.4. The lowest BCUT2D eigenvalue weighted by Gasteiger charge is -2.42. The summed E-state index contributed by atoms with van der Waals surface area (Å²) in [5.41, 5.74) is 0. The van der Waals surface area contributed by atoms with Gasteiger partial charge in [0.2, 0.25) is 0 Å². The molecule has 2 aliphatic rings. The molecule has 0 spiro atoms. The number of ether oxygens (including phenoxy) is 6. The number of unbranched alkanes of at least 4 members (excludes halogenated alkanes) is 30. The van der Waals surface area contributed by atoms with Crippen molar-refractivity contribution in [2.45, 2.75) is 325 Å². The zero-order chi connectivity index (χ0) is 58.1. The Kier molecular flexibility index (Phi) is 46.8. The van der Waals surface area contributed by atoms with Gasteiger partial charge in [0.25, 0.3) is 0 Å². The molecule has 2 saturated heterocycles. The molecule has 0 saturated carbocycles. The van der Waals surface area contributed by atoms with E-state index in [2.05, 4.69) is 62.5 Å². The van der Waals surface area contributed by atoms with Crippen LogP contribution in [0.2, 0.25) is 0 Å². The fraction of sp³-hybridized carbons (Fsp3) is 0.846. The maximum Gasteiger partial charge on any atom is 0.306 e. The van der Waals surface area contributed by atoms with Crippen molar-refractivity contribution in [1.82, 2.24) is 0 Å². The first kappa shape index (κ1) is 73.6. The van der Waals surface area contributed by atoms with Crippen LogP contribution in [0.3, 0.4) is 0 Å². The van der Waals surface area contributed by atoms with E-state index in [1.807, 2.05) is 0 Å². The van der Waals surface area contributed by atoms with E-state index in [0.717, 1.165) is 77.0 Å². The van der Waals surface area contributed by atoms with E-state index in [4.69, 9.17) is 28.4 Å². The van der Waals surface area contributed by atoms with E-state index >= 15 is 0 Å². The van der Waals surface area contributed by atoms with Gasteiger partial charge in [-0.1, -0.05) is 242 Å². The van der Waals surface area contributed by atoms with Crippen molar-refractivity contribution in [1.29, 1.82) is 0 Å². The van der Waals surface area contributed by atoms with Gasteiger partial charge >= 0.3 is 11.9 Å². The molecule has 15 heteroatoms. The summed E-state index contributed by atoms with van der Waals surface area (Å²) in [6.07, 6.45) is 44.2. The predicted octanol–water partition coefficient (Wildman–Crippen LogP) is 12.2. The first-order valence-corrected chi connectivity index (χ1v) is 32.2. The van der Waals surface area contributed by atoms with Gasteiger partial charge in [-0.05, 0) is 51.4 Å². The molecule has 0 aliphatic carbocycles. The van der Waals surface area contributed by atoms with Crippen molar-refractivity contribution in [3.8, 4) is 0 Å². The number of carbonyl (C=O) groups excluding carboxylic acids is 2. The van der Waals surface area contributed by atoms with Gasteiger partial charge in [-0.15, -0.1) is 0 Å². The maximum atomic E-state index is 13.1. The smallest absolute Gasteiger partial charge is 0.306 e. The first-order valence-electron chi connectivity index (χ1n) is 32.2. The van der Waals surface area contributed by atoms with Crippen LogP contribution in [0.25, 0.3) is 0 Å². The molecule has 7 N–H and O–H groups in total. The van der Waals surface area contributed by atoms with Crippen molar-refractivity contribution in [3.05, 3.63) is 48.6 Å². The summed E-state index contributed by atoms with van der Waals surface area (Å²) in [5.74, 6) is -0.922. The summed E-state index contributed by atoms with van der Waals surface area (Å²) in [7, 11) is 0. The molecule has 2 aliphatic heterocycles. The van der Waals surface area contributed by atoms with Crippen LogP contribution in [0, 0.1) is 0 Å². The van der Waals surface area contributed by atoms with Crippen LogP contribution in [0.1, 0.15) is 258 Å². The minimum Gasteiger partial charge on any atom is -0.462 e. The lowest BCUT2D eigenvalue weighted by atomic mass is 9.98. The SMILES string of the molecule is CC/C=C\C/C=C\C/C=C\C/C=C\CCCCCCCCCCC(=O)OC(COC(=O)CCCCCCCCCCCCCCCCCCCCCCCCC)COC1OC(COC2OC(CO)C(O)C(O)C2O)C(O)C(O)C1O. The van der Waals surface area contributed by atoms with Crippen LogP contribution in [0.4, 0.5) is 0 Å². The first-order chi connectivity index (χ1) is 39.0. The van der Waals surface area contributed by atoms with E-state index in [1.165, 1.54) is 141 Å². The summed E-state index contributed by atoms with van der Waals surface area (Å²) in [6, 6.07) is 0. The third kappa shape index (κ3) is 36.9. The second-order valence-corrected chi connectivity index (χ2v) is 22.6. The second kappa shape index (κ2) is 50.9. The number of aliphatic hydroxyl groups is 7. The van der Waals surface area contributed by atoms with E-state index < -0.39 is 92.7 Å². The van der Waals surface area contributed by atoms with Crippen LogP contribution in [0.15, 0.2) is 48.6 Å². The molecule has 15 nitrogen and oxygen atoms in total. The van der Waals surface area contributed by atoms with Gasteiger partial charge in [-0.2, -0.15) is 0 Å². The molecular formula is C65H116O15. The van der Waals surface area contributed by atoms with Crippen molar-refractivity contribution in [3.63, 3.8) is 0 Å². The van der Waals surface area contributed by atoms with Gasteiger partial charge in [0, 0.05) is 12.8 Å². The Morgan fingerprint density at radius 2 is 0.787 bits per heavy atom. The molecule has 0 bridgehead atoms. The summed E-state index contributed by atoms with van der Waals surface area (Å²) in [6.45, 7) is 2.53. The number of allylic oxidation sites excluding steroid dienone is 8. The average molecular weight is 1140 g/mol. The fourth-order valence-electron chi connectivity index (χ4n) is 10.2. The van der Waals surface area contributed by atoms with Crippen LogP contribution < -0.4 is 0 Å². The molecule has 0 aromatic heterocycles. The zero-order valence-electron chi connectivity index (χ0n) is 50.1. The molecule has 11 unspecified atom stereocenters. The van der Waals surface area contributed by atoms with Crippen LogP contribution in [-0.2, 0) is 38.0 Å². The number of hydrogen-bond donors (Lipinski definition) is 7. The van der Waals surface area contributed by atoms with Crippen LogP contribution in [0.5, 0.6) is 0 Å². The molecule has 2 rings (SSSR count). The highest BCUT2D eigenvalue weighted by atomic mass is 16.7. The second-order valence-electron chi connectivity index (χ2n) is 22.6. The summed E-state index contributed by atoms with van der Waals surface area (Å²) < 4.78 is 33.8. The highest BCUT2D eigenvalue weighted by Crippen LogP contribution is 2.27. The normalized spacial score (nSPS) is 24.0. The maximum absolute atomic E-state index is 13.1. The monoisotopic (exact) mass is 1140 g/mol. The predicted molar refractivity (Wildman–Crippen MR) is 317 cm³/mol. The number of hydrogen-bond acceptors (Lipinski definition) is 15. The van der Waals surface area contributed by atoms with Gasteiger partial charge in [0.1, 0.15) is 55.4 Å². The summed E-state index contributed by atoms with van der Waals surface area (Å²) >= 11 is 0. The van der Waals surface area contributed by atoms with Crippen molar-refractivity contribution in [2.24, 2.45) is 0 Å². The van der Waals surface area contributed by atoms with Gasteiger partial charge in [0.05, 0.1) is 19.8 Å². The Morgan fingerprint density at radius 3 is 1.24 bits per heavy atom. The molecule has 0 radical (unpaired) electrons. The topological polar surface area (TPSA) is 231 Å². The summed E-state index contributed by atoms with van der Waals surface area (Å²) in [4.78, 5) is 26.0. The fourth-order valence-corrected chi connectivity index (χ4v) is 10.2. The Hall–Kier alpha value is -2.54. The zero-order valence-corrected chi connectivity index (χ0v) is 50.1. The lowest BCUT2D eigenvalue weighted by molar-refractivity contribution is -0.332. The molecule has 80 heavy (non-hydrogen) atoms. The standard InChI is InChI=1S/C65H116O15/c1-3-5-7-9-11-13-15-17-19-21-23-25-26-28-29-31-33-35-37-39-41-43-45-47-56(67)75-50-53(51-76-64-63(74)61(72)59(70)55(80-64)52-77-65-62(73)60(71)58(69)54(49-66)79-65)78-57(68)48-46-44-42-40-38-36-34-32-30-27-24-22-20-18-16-14-12-10-8-6-4-2/h6,8,12,14,18,20,24,27,53-55,58-66,69-74H,3-5,7,9-11,13,15-17,19,21-23,25-26,28-52H2,1-2H3/b8-6-,14-12-,20-18-,27-24-. The number of carbonyl (C=O) groups is 2. The van der Waals surface area contributed by atoms with Crippen molar-refractivity contribution in [2.75, 3.05) is 26.4 Å². The van der Waals surface area contributed by atoms with Crippen molar-refractivity contribution >= 4 is 11.9 Å². The Bertz CT molecular complexity index is 1570. The highest BCUT2D eigenvalue weighted by Gasteiger charge is 2.47. The van der Waals surface area contributed by atoms with Crippen molar-refractivity contribution < 1.29 is 73.8 Å². The van der Waals surface area contributed by atoms with E-state index in [0.29, 0.717) is 12.8 Å². The van der Waals surface area contributed by atoms with Gasteiger partial charge < -0.3 is 64.2 Å². The Balaban J connectivity index is 1.70. The van der Waals surface area contributed by atoms with E-state index in [1.54, 1.807) is 0 Å². The molecule has 0 aromatic rings. The Labute approximate surface area is 484 Å². The quantitative estimate of drug-likeness (QED) is 0.0171. The molecule has 2 fully saturated rings. The third-order valence-corrected chi connectivity index (χ3v) is 15.3. The largest absolute Gasteiger partial charge is 0.462 e. The van der Waals surface area contributed by atoms with Gasteiger partial charge in [-0.3, -0.25) is 9.59 Å². The minimum atomic E-state index is -1.77. The van der Waals surface area contributed by atoms with Gasteiger partial charge in [0.15, 0.2) is 18.7 Å². The molecule has 466 valence electrons. The van der Waals surface area contributed by atoms with Gasteiger partial charge in [-0.25, -0.2) is 0 Å². The average Bonchev–Trinajstić information content (AvgIpc) is 3.52. The van der Waals surface area contributed by atoms with Crippen LogP contribution in [-0.4, -0.2) is 142 Å². The Morgan fingerprint density at radius 1 is 0.412 bits per heavy atom. The number of rotatable bonds is 52. The molecule has 0 aromatic carbocycles. The molecule has 11 atom stereocenters. The van der Waals surface area contributed by atoms with E-state index in [-0.39, 0.29) is 26.1 Å². The molecular weight excluding hydrogens is 1020 g/mol. The third-order valence-electron chi connectivity index (χ3n) is 15.3. The minimum absolute atomic E-state index is 0.156. The number of esters is 2. The molecule has 0 amide bonds. The van der Waals surface area contributed by atoms with E-state index in [9.17, 15) is 45.3 Å². The molecule has 2 heterocycles. The highest BCUT2D eigenvalue weighted by molar-refractivity contribution is 5.70. The lowest BCUT2D eigenvalue weighted by Crippen LogP contribution is -2.61. The number of aliphatic hydroxyl groups excluding tert-OH is 7. The van der Waals surface area contributed by atoms with Crippen LogP contribution >= 0.6 is 0 Å².